The van der Waals surface area contributed by atoms with Crippen molar-refractivity contribution in [1.82, 2.24) is 15.1 Å². The van der Waals surface area contributed by atoms with Gasteiger partial charge in [0.15, 0.2) is 0 Å². The summed E-state index contributed by atoms with van der Waals surface area (Å²) in [7, 11) is 3.86. The lowest BCUT2D eigenvalue weighted by molar-refractivity contribution is 0.165. The third-order valence-electron chi connectivity index (χ3n) is 6.19. The van der Waals surface area contributed by atoms with E-state index >= 15 is 0 Å². The van der Waals surface area contributed by atoms with Gasteiger partial charge in [0.05, 0.1) is 7.11 Å². The second kappa shape index (κ2) is 11.7. The number of rotatable bonds is 10. The Morgan fingerprint density at radius 2 is 1.94 bits per heavy atom. The number of ether oxygens (including phenoxy) is 1. The van der Waals surface area contributed by atoms with Gasteiger partial charge < -0.3 is 20.3 Å². The fourth-order valence-corrected chi connectivity index (χ4v) is 4.07. The number of para-hydroxylation sites is 1. The molecule has 1 aliphatic rings. The fraction of sp³-hybridized carbons (Fsp3) is 0.480. The molecule has 1 fully saturated rings. The summed E-state index contributed by atoms with van der Waals surface area (Å²) in [6, 6.07) is 18.6. The summed E-state index contributed by atoms with van der Waals surface area (Å²) in [6.45, 7) is 6.05. The topological polar surface area (TPSA) is 56.8 Å². The van der Waals surface area contributed by atoms with Crippen LogP contribution in [0.1, 0.15) is 25.3 Å². The molecule has 2 aromatic carbocycles. The summed E-state index contributed by atoms with van der Waals surface area (Å²) in [4.78, 5) is 17.1. The Hall–Kier alpha value is -2.57. The standard InChI is InChI=1S/C25H36N4O2/c1-20(18-26-25(30)27-22-8-5-4-6-9-22)28(2)19-23-10-7-16-29(23)17-15-21-11-13-24(31-3)14-12-21/h4-6,8-9,11-14,20,23H,7,10,15-19H2,1-3H3,(H2,26,27,30)/t20-,23-/m1/s1. The molecule has 0 aromatic heterocycles. The maximum absolute atomic E-state index is 12.1. The van der Waals surface area contributed by atoms with Crippen molar-refractivity contribution in [3.05, 3.63) is 60.2 Å². The number of carbonyl (C=O) groups excluding carboxylic acids is 1. The molecule has 6 heteroatoms. The lowest BCUT2D eigenvalue weighted by Gasteiger charge is -2.32. The maximum Gasteiger partial charge on any atom is 0.319 e. The molecule has 0 radical (unpaired) electrons. The minimum absolute atomic E-state index is 0.159. The molecule has 0 unspecified atom stereocenters. The molecule has 0 aliphatic carbocycles. The van der Waals surface area contributed by atoms with Crippen molar-refractivity contribution in [2.24, 2.45) is 0 Å². The monoisotopic (exact) mass is 424 g/mol. The van der Waals surface area contributed by atoms with Crippen LogP contribution in [0.15, 0.2) is 54.6 Å². The summed E-state index contributed by atoms with van der Waals surface area (Å²) in [5.41, 5.74) is 2.15. The number of likely N-dealkylation sites (N-methyl/N-ethyl adjacent to an activating group) is 1. The predicted octanol–water partition coefficient (Wildman–Crippen LogP) is 3.84. The smallest absolute Gasteiger partial charge is 0.319 e. The summed E-state index contributed by atoms with van der Waals surface area (Å²) in [5, 5.41) is 5.86. The molecule has 168 valence electrons. The van der Waals surface area contributed by atoms with Crippen LogP contribution in [0.25, 0.3) is 0 Å². The Morgan fingerprint density at radius 3 is 2.65 bits per heavy atom. The SMILES string of the molecule is COc1ccc(CCN2CCC[C@@H]2CN(C)[C@H](C)CNC(=O)Nc2ccccc2)cc1. The maximum atomic E-state index is 12.1. The van der Waals surface area contributed by atoms with Crippen LogP contribution in [0.3, 0.4) is 0 Å². The molecule has 0 bridgehead atoms. The van der Waals surface area contributed by atoms with Gasteiger partial charge in [0.1, 0.15) is 5.75 Å². The zero-order chi connectivity index (χ0) is 22.1. The van der Waals surface area contributed by atoms with E-state index in [1.807, 2.05) is 42.5 Å². The Labute approximate surface area is 186 Å². The van der Waals surface area contributed by atoms with Crippen LogP contribution >= 0.6 is 0 Å². The van der Waals surface area contributed by atoms with Crippen molar-refractivity contribution in [3.63, 3.8) is 0 Å². The summed E-state index contributed by atoms with van der Waals surface area (Å²) in [6.07, 6.45) is 3.55. The van der Waals surface area contributed by atoms with Gasteiger partial charge in [0.2, 0.25) is 0 Å². The van der Waals surface area contributed by atoms with Crippen LogP contribution in [-0.2, 0) is 6.42 Å². The number of hydrogen-bond donors (Lipinski definition) is 2. The van der Waals surface area contributed by atoms with E-state index < -0.39 is 0 Å². The largest absolute Gasteiger partial charge is 0.497 e. The number of methoxy groups -OCH3 is 1. The summed E-state index contributed by atoms with van der Waals surface area (Å²) < 4.78 is 5.25. The highest BCUT2D eigenvalue weighted by Gasteiger charge is 2.26. The molecule has 0 spiro atoms. The molecule has 1 aliphatic heterocycles. The molecule has 31 heavy (non-hydrogen) atoms. The van der Waals surface area contributed by atoms with Crippen molar-refractivity contribution >= 4 is 11.7 Å². The van der Waals surface area contributed by atoms with Crippen molar-refractivity contribution in [3.8, 4) is 5.75 Å². The van der Waals surface area contributed by atoms with Gasteiger partial charge in [-0.05, 0) is 69.6 Å². The third-order valence-corrected chi connectivity index (χ3v) is 6.19. The molecule has 3 rings (SSSR count). The lowest BCUT2D eigenvalue weighted by Crippen LogP contribution is -2.46. The van der Waals surface area contributed by atoms with E-state index in [1.165, 1.54) is 24.9 Å². The number of urea groups is 1. The zero-order valence-corrected chi connectivity index (χ0v) is 19.0. The van der Waals surface area contributed by atoms with Gasteiger partial charge >= 0.3 is 6.03 Å². The van der Waals surface area contributed by atoms with E-state index in [0.29, 0.717) is 12.6 Å². The fourth-order valence-electron chi connectivity index (χ4n) is 4.07. The van der Waals surface area contributed by atoms with Gasteiger partial charge in [0, 0.05) is 37.4 Å². The average molecular weight is 425 g/mol. The quantitative estimate of drug-likeness (QED) is 0.608. The first-order valence-electron chi connectivity index (χ1n) is 11.2. The molecule has 2 N–H and O–H groups in total. The third kappa shape index (κ3) is 7.26. The number of carbonyl (C=O) groups is 1. The van der Waals surface area contributed by atoms with Crippen LogP contribution in [0.5, 0.6) is 5.75 Å². The van der Waals surface area contributed by atoms with Gasteiger partial charge in [-0.1, -0.05) is 30.3 Å². The normalized spacial score (nSPS) is 17.5. The molecular formula is C25H36N4O2. The summed E-state index contributed by atoms with van der Waals surface area (Å²) in [5.74, 6) is 0.907. The van der Waals surface area contributed by atoms with Crippen LogP contribution in [0, 0.1) is 0 Å². The van der Waals surface area contributed by atoms with Gasteiger partial charge in [-0.2, -0.15) is 0 Å². The van der Waals surface area contributed by atoms with Crippen LogP contribution in [-0.4, -0.2) is 68.3 Å². The Balaban J connectivity index is 1.40. The van der Waals surface area contributed by atoms with E-state index in [2.05, 4.69) is 46.5 Å². The minimum atomic E-state index is -0.159. The number of amides is 2. The van der Waals surface area contributed by atoms with Crippen LogP contribution in [0.2, 0.25) is 0 Å². The first-order chi connectivity index (χ1) is 15.0. The van der Waals surface area contributed by atoms with Crippen molar-refractivity contribution in [2.75, 3.05) is 45.7 Å². The van der Waals surface area contributed by atoms with E-state index in [4.69, 9.17) is 4.74 Å². The highest BCUT2D eigenvalue weighted by Crippen LogP contribution is 2.20. The van der Waals surface area contributed by atoms with Gasteiger partial charge in [0.25, 0.3) is 0 Å². The second-order valence-electron chi connectivity index (χ2n) is 8.42. The molecule has 2 amide bonds. The molecule has 2 aromatic rings. The first-order valence-corrected chi connectivity index (χ1v) is 11.2. The Morgan fingerprint density at radius 1 is 1.19 bits per heavy atom. The van der Waals surface area contributed by atoms with E-state index in [9.17, 15) is 4.79 Å². The number of nitrogens with zero attached hydrogens (tertiary/aromatic N) is 2. The highest BCUT2D eigenvalue weighted by atomic mass is 16.5. The number of nitrogens with one attached hydrogen (secondary N) is 2. The Bertz CT molecular complexity index is 797. The van der Waals surface area contributed by atoms with Crippen molar-refractivity contribution in [2.45, 2.75) is 38.3 Å². The van der Waals surface area contributed by atoms with E-state index in [0.717, 1.165) is 30.9 Å². The first kappa shape index (κ1) is 23.1. The second-order valence-corrected chi connectivity index (χ2v) is 8.42. The number of hydrogen-bond acceptors (Lipinski definition) is 4. The molecule has 0 saturated carbocycles. The minimum Gasteiger partial charge on any atom is -0.497 e. The van der Waals surface area contributed by atoms with Crippen molar-refractivity contribution in [1.29, 1.82) is 0 Å². The highest BCUT2D eigenvalue weighted by molar-refractivity contribution is 5.89. The van der Waals surface area contributed by atoms with Gasteiger partial charge in [-0.15, -0.1) is 0 Å². The molecule has 1 saturated heterocycles. The molecule has 6 nitrogen and oxygen atoms in total. The Kier molecular flexibility index (Phi) is 8.74. The number of benzene rings is 2. The lowest BCUT2D eigenvalue weighted by atomic mass is 10.1. The number of likely N-dealkylation sites (tertiary alicyclic amines) is 1. The predicted molar refractivity (Wildman–Crippen MR) is 127 cm³/mol. The van der Waals surface area contributed by atoms with E-state index in [1.54, 1.807) is 7.11 Å². The molecule has 1 heterocycles. The molecule has 2 atom stereocenters. The van der Waals surface area contributed by atoms with Gasteiger partial charge in [-0.25, -0.2) is 4.79 Å². The van der Waals surface area contributed by atoms with Crippen LogP contribution < -0.4 is 15.4 Å². The van der Waals surface area contributed by atoms with Crippen molar-refractivity contribution < 1.29 is 9.53 Å². The van der Waals surface area contributed by atoms with Gasteiger partial charge in [-0.3, -0.25) is 4.90 Å². The number of anilines is 1. The van der Waals surface area contributed by atoms with E-state index in [-0.39, 0.29) is 12.1 Å². The van der Waals surface area contributed by atoms with Crippen LogP contribution in [0.4, 0.5) is 10.5 Å². The molecular weight excluding hydrogens is 388 g/mol. The summed E-state index contributed by atoms with van der Waals surface area (Å²) >= 11 is 0. The average Bonchev–Trinajstić information content (AvgIpc) is 3.23. The zero-order valence-electron chi connectivity index (χ0n) is 19.0.